The maximum absolute atomic E-state index is 14.8. The van der Waals surface area contributed by atoms with Gasteiger partial charge in [-0.2, -0.15) is 0 Å². The van der Waals surface area contributed by atoms with Gasteiger partial charge in [-0.1, -0.05) is 54.1 Å². The number of fused-ring (bicyclic) bond motifs is 3. The zero-order chi connectivity index (χ0) is 26.9. The molecule has 0 aliphatic carbocycles. The molecule has 5 aromatic rings. The Morgan fingerprint density at radius 3 is 2.54 bits per heavy atom. The monoisotopic (exact) mass is 540 g/mol. The fraction of sp³-hybridized carbons (Fsp3) is 0.156. The van der Waals surface area contributed by atoms with Crippen LogP contribution in [0.25, 0.3) is 10.9 Å². The average Bonchev–Trinajstić information content (AvgIpc) is 3.35. The predicted octanol–water partition coefficient (Wildman–Crippen LogP) is 7.34. The highest BCUT2D eigenvalue weighted by molar-refractivity contribution is 6.31. The summed E-state index contributed by atoms with van der Waals surface area (Å²) in [5.41, 5.74) is 4.89. The van der Waals surface area contributed by atoms with Gasteiger partial charge in [0.25, 0.3) is 5.91 Å². The predicted molar refractivity (Wildman–Crippen MR) is 150 cm³/mol. The van der Waals surface area contributed by atoms with E-state index in [-0.39, 0.29) is 5.56 Å². The molecule has 0 saturated heterocycles. The van der Waals surface area contributed by atoms with Crippen molar-refractivity contribution in [1.29, 1.82) is 0 Å². The lowest BCUT2D eigenvalue weighted by atomic mass is 9.91. The lowest BCUT2D eigenvalue weighted by Gasteiger charge is -2.36. The molecule has 1 aromatic heterocycles. The third-order valence-electron chi connectivity index (χ3n) is 7.20. The smallest absolute Gasteiger partial charge is 0.257 e. The molecule has 1 unspecified atom stereocenters. The van der Waals surface area contributed by atoms with Crippen molar-refractivity contribution >= 4 is 28.4 Å². The highest BCUT2D eigenvalue weighted by Gasteiger charge is 2.36. The molecule has 196 valence electrons. The van der Waals surface area contributed by atoms with Crippen molar-refractivity contribution in [3.8, 4) is 11.5 Å². The number of hydrogen-bond donors (Lipinski definition) is 1. The number of carbonyl (C=O) groups is 1. The second-order valence-corrected chi connectivity index (χ2v) is 9.98. The molecule has 7 heteroatoms. The molecule has 0 spiro atoms. The Kier molecular flexibility index (Phi) is 6.71. The summed E-state index contributed by atoms with van der Waals surface area (Å²) in [5, 5.41) is 1.37. The lowest BCUT2D eigenvalue weighted by molar-refractivity contribution is 0.0687. The Balaban J connectivity index is 1.39. The summed E-state index contributed by atoms with van der Waals surface area (Å²) >= 11 is 6.14. The molecule has 2 heterocycles. The molecule has 1 aliphatic rings. The quantitative estimate of drug-likeness (QED) is 0.245. The minimum Gasteiger partial charge on any atom is -0.497 e. The Hall–Kier alpha value is -4.29. The lowest BCUT2D eigenvalue weighted by Crippen LogP contribution is -2.41. The number of amides is 1. The minimum absolute atomic E-state index is 0.0449. The van der Waals surface area contributed by atoms with Crippen LogP contribution in [0.3, 0.4) is 0 Å². The summed E-state index contributed by atoms with van der Waals surface area (Å²) in [6.45, 7) is 0.870. The number of ether oxygens (including phenoxy) is 2. The van der Waals surface area contributed by atoms with Crippen molar-refractivity contribution in [2.24, 2.45) is 0 Å². The first kappa shape index (κ1) is 25.0. The minimum atomic E-state index is -0.597. The number of aromatic amines is 1. The zero-order valence-corrected chi connectivity index (χ0v) is 22.0. The van der Waals surface area contributed by atoms with Gasteiger partial charge in [-0.25, -0.2) is 4.39 Å². The molecule has 6 rings (SSSR count). The summed E-state index contributed by atoms with van der Waals surface area (Å²) < 4.78 is 26.2. The normalized spacial score (nSPS) is 14.7. The first-order valence-electron chi connectivity index (χ1n) is 12.7. The van der Waals surface area contributed by atoms with Gasteiger partial charge in [-0.05, 0) is 71.6 Å². The van der Waals surface area contributed by atoms with Crippen LogP contribution in [0.15, 0.2) is 91.0 Å². The van der Waals surface area contributed by atoms with Crippen molar-refractivity contribution < 1.29 is 18.7 Å². The highest BCUT2D eigenvalue weighted by Crippen LogP contribution is 2.40. The Morgan fingerprint density at radius 2 is 1.77 bits per heavy atom. The third-order valence-corrected chi connectivity index (χ3v) is 7.43. The Bertz CT molecular complexity index is 1650. The molecule has 1 amide bonds. The molecule has 0 bridgehead atoms. The van der Waals surface area contributed by atoms with E-state index >= 15 is 0 Å². The second kappa shape index (κ2) is 10.5. The highest BCUT2D eigenvalue weighted by atomic mass is 35.5. The standard InChI is InChI=1S/C32H26ClFN2O3/c1-38-24-12-14-29-26(18-24)25-15-16-36(32(37)27-17-22(33)9-13-28(27)34)31(30(25)35-29)21-7-10-23(11-8-21)39-19-20-5-3-2-4-6-20/h2-14,17-18,31,35H,15-16,19H2,1H3. The van der Waals surface area contributed by atoms with E-state index in [1.165, 1.54) is 18.2 Å². The third kappa shape index (κ3) is 4.84. The number of rotatable bonds is 6. The molecule has 4 aromatic carbocycles. The van der Waals surface area contributed by atoms with E-state index in [9.17, 15) is 9.18 Å². The molecule has 0 radical (unpaired) electrons. The van der Waals surface area contributed by atoms with Crippen molar-refractivity contribution in [3.05, 3.63) is 130 Å². The summed E-state index contributed by atoms with van der Waals surface area (Å²) in [7, 11) is 1.64. The van der Waals surface area contributed by atoms with Gasteiger partial charge in [0.15, 0.2) is 0 Å². The van der Waals surface area contributed by atoms with Gasteiger partial charge in [-0.15, -0.1) is 0 Å². The van der Waals surface area contributed by atoms with E-state index in [1.54, 1.807) is 12.0 Å². The van der Waals surface area contributed by atoms with E-state index in [0.717, 1.165) is 44.8 Å². The Labute approximate surface area is 230 Å². The van der Waals surface area contributed by atoms with Gasteiger partial charge >= 0.3 is 0 Å². The number of nitrogens with zero attached hydrogens (tertiary/aromatic N) is 1. The first-order chi connectivity index (χ1) is 19.0. The SMILES string of the molecule is COc1ccc2[nH]c3c(c2c1)CCN(C(=O)c1cc(Cl)ccc1F)C3c1ccc(OCc2ccccc2)cc1. The van der Waals surface area contributed by atoms with Crippen LogP contribution in [-0.4, -0.2) is 29.4 Å². The number of benzene rings is 4. The number of nitrogens with one attached hydrogen (secondary N) is 1. The van der Waals surface area contributed by atoms with Crippen molar-refractivity contribution in [1.82, 2.24) is 9.88 Å². The van der Waals surface area contributed by atoms with Crippen molar-refractivity contribution in [2.75, 3.05) is 13.7 Å². The van der Waals surface area contributed by atoms with Crippen LogP contribution < -0.4 is 9.47 Å². The summed E-state index contributed by atoms with van der Waals surface area (Å²) in [6, 6.07) is 27.2. The van der Waals surface area contributed by atoms with Crippen LogP contribution in [0.1, 0.15) is 38.8 Å². The molecular weight excluding hydrogens is 515 g/mol. The number of aromatic nitrogens is 1. The van der Waals surface area contributed by atoms with Gasteiger partial charge < -0.3 is 19.4 Å². The fourth-order valence-corrected chi connectivity index (χ4v) is 5.44. The van der Waals surface area contributed by atoms with E-state index in [1.807, 2.05) is 72.8 Å². The largest absolute Gasteiger partial charge is 0.497 e. The average molecular weight is 541 g/mol. The zero-order valence-electron chi connectivity index (χ0n) is 21.3. The van der Waals surface area contributed by atoms with Crippen LogP contribution in [0.4, 0.5) is 4.39 Å². The summed E-state index contributed by atoms with van der Waals surface area (Å²) in [5.74, 6) is 0.477. The second-order valence-electron chi connectivity index (χ2n) is 9.55. The molecular formula is C32H26ClFN2O3. The maximum atomic E-state index is 14.8. The summed E-state index contributed by atoms with van der Waals surface area (Å²) in [4.78, 5) is 19.0. The van der Waals surface area contributed by atoms with Crippen LogP contribution in [0, 0.1) is 5.82 Å². The van der Waals surface area contributed by atoms with E-state index < -0.39 is 17.8 Å². The number of methoxy groups -OCH3 is 1. The van der Waals surface area contributed by atoms with Crippen LogP contribution in [0.5, 0.6) is 11.5 Å². The first-order valence-corrected chi connectivity index (χ1v) is 13.1. The van der Waals surface area contributed by atoms with Crippen molar-refractivity contribution in [3.63, 3.8) is 0 Å². The van der Waals surface area contributed by atoms with Crippen LogP contribution in [0.2, 0.25) is 5.02 Å². The maximum Gasteiger partial charge on any atom is 0.257 e. The fourth-order valence-electron chi connectivity index (χ4n) is 5.26. The van der Waals surface area contributed by atoms with Gasteiger partial charge in [0, 0.05) is 28.2 Å². The van der Waals surface area contributed by atoms with E-state index in [2.05, 4.69) is 4.98 Å². The number of hydrogen-bond acceptors (Lipinski definition) is 3. The van der Waals surface area contributed by atoms with Crippen molar-refractivity contribution in [2.45, 2.75) is 19.1 Å². The van der Waals surface area contributed by atoms with Gasteiger partial charge in [0.1, 0.15) is 23.9 Å². The van der Waals surface area contributed by atoms with Gasteiger partial charge in [0.2, 0.25) is 0 Å². The van der Waals surface area contributed by atoms with E-state index in [0.29, 0.717) is 24.6 Å². The Morgan fingerprint density at radius 1 is 1.00 bits per heavy atom. The number of carbonyl (C=O) groups excluding carboxylic acids is 1. The number of halogens is 2. The van der Waals surface area contributed by atoms with Gasteiger partial charge in [-0.3, -0.25) is 4.79 Å². The molecule has 1 N–H and O–H groups in total. The van der Waals surface area contributed by atoms with Crippen LogP contribution in [-0.2, 0) is 13.0 Å². The molecule has 1 aliphatic heterocycles. The molecule has 0 saturated carbocycles. The van der Waals surface area contributed by atoms with Gasteiger partial charge in [0.05, 0.1) is 18.7 Å². The van der Waals surface area contributed by atoms with Crippen LogP contribution >= 0.6 is 11.6 Å². The molecule has 39 heavy (non-hydrogen) atoms. The molecule has 0 fully saturated rings. The topological polar surface area (TPSA) is 54.6 Å². The summed E-state index contributed by atoms with van der Waals surface area (Å²) in [6.07, 6.45) is 0.616. The molecule has 5 nitrogen and oxygen atoms in total. The molecule has 1 atom stereocenters. The number of H-pyrrole nitrogens is 1. The van der Waals surface area contributed by atoms with E-state index in [4.69, 9.17) is 21.1 Å².